The van der Waals surface area contributed by atoms with Crippen LogP contribution in [0, 0.1) is 0 Å². The number of aromatic nitrogens is 1. The van der Waals surface area contributed by atoms with Gasteiger partial charge in [-0.3, -0.25) is 4.79 Å². The van der Waals surface area contributed by atoms with Gasteiger partial charge in [-0.15, -0.1) is 11.3 Å². The highest BCUT2D eigenvalue weighted by Gasteiger charge is 2.48. The van der Waals surface area contributed by atoms with E-state index in [1.165, 1.54) is 11.3 Å². The Morgan fingerprint density at radius 3 is 1.84 bits per heavy atom. The highest BCUT2D eigenvalue weighted by Crippen LogP contribution is 2.39. The van der Waals surface area contributed by atoms with E-state index < -0.39 is 30.3 Å². The lowest BCUT2D eigenvalue weighted by Gasteiger charge is -2.25. The van der Waals surface area contributed by atoms with Gasteiger partial charge in [-0.25, -0.2) is 4.98 Å². The molecule has 1 fully saturated rings. The standard InChI is InChI=1S/C30H30N2O5S/c31-29(33)24-20-38-30(32-24)28-27(36-18-23-14-8-3-9-15-23)26(35-17-22-12-6-2-7-13-22)25(37-28)19-34-16-21-10-4-1-5-11-21/h1-15,20,25-28H,16-19H2,(H2,31,33)/t25-,26-,27+,28-/m1/s1. The second-order valence-electron chi connectivity index (χ2n) is 9.05. The Bertz CT molecular complexity index is 1290. The van der Waals surface area contributed by atoms with Crippen molar-refractivity contribution in [3.05, 3.63) is 124 Å². The molecular weight excluding hydrogens is 500 g/mol. The van der Waals surface area contributed by atoms with Gasteiger partial charge in [0, 0.05) is 5.38 Å². The molecule has 3 aromatic carbocycles. The first-order valence-corrected chi connectivity index (χ1v) is 13.4. The van der Waals surface area contributed by atoms with E-state index >= 15 is 0 Å². The van der Waals surface area contributed by atoms with Gasteiger partial charge in [-0.1, -0.05) is 91.0 Å². The zero-order chi connectivity index (χ0) is 26.2. The van der Waals surface area contributed by atoms with Crippen molar-refractivity contribution in [1.29, 1.82) is 0 Å². The van der Waals surface area contributed by atoms with Gasteiger partial charge in [0.2, 0.25) is 0 Å². The lowest BCUT2D eigenvalue weighted by molar-refractivity contribution is -0.0898. The first-order valence-electron chi connectivity index (χ1n) is 12.5. The zero-order valence-corrected chi connectivity index (χ0v) is 21.7. The lowest BCUT2D eigenvalue weighted by Crippen LogP contribution is -2.37. The summed E-state index contributed by atoms with van der Waals surface area (Å²) in [5, 5.41) is 2.27. The molecule has 0 radical (unpaired) electrons. The summed E-state index contributed by atoms with van der Waals surface area (Å²) in [4.78, 5) is 16.2. The Labute approximate surface area is 226 Å². The Hall–Kier alpha value is -3.40. The largest absolute Gasteiger partial charge is 0.374 e. The number of amides is 1. The van der Waals surface area contributed by atoms with Crippen LogP contribution in [-0.2, 0) is 38.8 Å². The molecule has 5 rings (SSSR count). The normalized spacial score (nSPS) is 20.9. The lowest BCUT2D eigenvalue weighted by atomic mass is 10.1. The molecule has 0 aliphatic carbocycles. The number of ether oxygens (including phenoxy) is 4. The van der Waals surface area contributed by atoms with Crippen LogP contribution in [0.1, 0.15) is 38.3 Å². The van der Waals surface area contributed by atoms with Crippen LogP contribution >= 0.6 is 11.3 Å². The predicted octanol–water partition coefficient (Wildman–Crippen LogP) is 5.07. The number of carbonyl (C=O) groups excluding carboxylic acids is 1. The molecule has 2 heterocycles. The van der Waals surface area contributed by atoms with Gasteiger partial charge in [0.05, 0.1) is 26.4 Å². The molecule has 1 aromatic heterocycles. The second-order valence-corrected chi connectivity index (χ2v) is 9.94. The number of nitrogens with two attached hydrogens (primary N) is 1. The molecular formula is C30H30N2O5S. The SMILES string of the molecule is NC(=O)c1csc([C@@H]2O[C@H](COCc3ccccc3)[C@@H](OCc3ccccc3)[C@@H]2OCc2ccccc2)n1. The van der Waals surface area contributed by atoms with Crippen molar-refractivity contribution in [2.75, 3.05) is 6.61 Å². The summed E-state index contributed by atoms with van der Waals surface area (Å²) in [6.45, 7) is 1.54. The van der Waals surface area contributed by atoms with Gasteiger partial charge in [0.15, 0.2) is 0 Å². The minimum atomic E-state index is -0.577. The van der Waals surface area contributed by atoms with Crippen molar-refractivity contribution in [2.45, 2.75) is 44.2 Å². The van der Waals surface area contributed by atoms with Crippen molar-refractivity contribution >= 4 is 17.2 Å². The van der Waals surface area contributed by atoms with Crippen LogP contribution in [0.3, 0.4) is 0 Å². The summed E-state index contributed by atoms with van der Waals surface area (Å²) in [6.07, 6.45) is -1.85. The van der Waals surface area contributed by atoms with Crippen molar-refractivity contribution in [1.82, 2.24) is 4.98 Å². The molecule has 0 spiro atoms. The molecule has 38 heavy (non-hydrogen) atoms. The van der Waals surface area contributed by atoms with Crippen molar-refractivity contribution in [2.24, 2.45) is 5.73 Å². The van der Waals surface area contributed by atoms with E-state index in [0.717, 1.165) is 16.7 Å². The summed E-state index contributed by atoms with van der Waals surface area (Å²) in [6, 6.07) is 29.9. The minimum Gasteiger partial charge on any atom is -0.374 e. The highest BCUT2D eigenvalue weighted by molar-refractivity contribution is 7.09. The summed E-state index contributed by atoms with van der Waals surface area (Å²) in [5.41, 5.74) is 8.84. The van der Waals surface area contributed by atoms with Crippen molar-refractivity contribution in [3.8, 4) is 0 Å². The third-order valence-corrected chi connectivity index (χ3v) is 7.20. The molecule has 0 saturated carbocycles. The van der Waals surface area contributed by atoms with Crippen molar-refractivity contribution in [3.63, 3.8) is 0 Å². The topological polar surface area (TPSA) is 92.9 Å². The van der Waals surface area contributed by atoms with E-state index in [2.05, 4.69) is 4.98 Å². The number of nitrogens with zero attached hydrogens (tertiary/aromatic N) is 1. The molecule has 7 nitrogen and oxygen atoms in total. The summed E-state index contributed by atoms with van der Waals surface area (Å²) in [5.74, 6) is -0.577. The maximum Gasteiger partial charge on any atom is 0.268 e. The third kappa shape index (κ3) is 6.72. The van der Waals surface area contributed by atoms with Gasteiger partial charge in [0.25, 0.3) is 5.91 Å². The number of benzene rings is 3. The first-order chi connectivity index (χ1) is 18.7. The molecule has 1 aliphatic heterocycles. The summed E-state index contributed by atoms with van der Waals surface area (Å²) < 4.78 is 25.5. The fourth-order valence-corrected chi connectivity index (χ4v) is 5.25. The molecule has 4 atom stereocenters. The minimum absolute atomic E-state index is 0.209. The van der Waals surface area contributed by atoms with Crippen LogP contribution in [0.5, 0.6) is 0 Å². The number of rotatable bonds is 12. The van der Waals surface area contributed by atoms with Gasteiger partial charge in [0.1, 0.15) is 35.1 Å². The number of hydrogen-bond donors (Lipinski definition) is 1. The van der Waals surface area contributed by atoms with Crippen LogP contribution in [0.2, 0.25) is 0 Å². The second kappa shape index (κ2) is 12.9. The molecule has 1 saturated heterocycles. The maximum absolute atomic E-state index is 11.7. The molecule has 0 unspecified atom stereocenters. The smallest absolute Gasteiger partial charge is 0.268 e. The van der Waals surface area contributed by atoms with E-state index in [0.29, 0.717) is 31.4 Å². The van der Waals surface area contributed by atoms with E-state index in [9.17, 15) is 4.79 Å². The average Bonchev–Trinajstić information content (AvgIpc) is 3.58. The van der Waals surface area contributed by atoms with E-state index in [1.807, 2.05) is 91.0 Å². The quantitative estimate of drug-likeness (QED) is 0.275. The van der Waals surface area contributed by atoms with Gasteiger partial charge < -0.3 is 24.7 Å². The van der Waals surface area contributed by atoms with Crippen LogP contribution in [-0.4, -0.2) is 35.8 Å². The Kier molecular flexibility index (Phi) is 8.90. The Morgan fingerprint density at radius 2 is 1.32 bits per heavy atom. The van der Waals surface area contributed by atoms with E-state index in [1.54, 1.807) is 5.38 Å². The number of hydrogen-bond acceptors (Lipinski definition) is 7. The fraction of sp³-hybridized carbons (Fsp3) is 0.267. The highest BCUT2D eigenvalue weighted by atomic mass is 32.1. The van der Waals surface area contributed by atoms with Gasteiger partial charge in [-0.05, 0) is 16.7 Å². The fourth-order valence-electron chi connectivity index (χ4n) is 4.38. The summed E-state index contributed by atoms with van der Waals surface area (Å²) in [7, 11) is 0. The molecule has 196 valence electrons. The Balaban J connectivity index is 1.38. The zero-order valence-electron chi connectivity index (χ0n) is 20.8. The van der Waals surface area contributed by atoms with Crippen LogP contribution in [0.4, 0.5) is 0 Å². The molecule has 1 amide bonds. The van der Waals surface area contributed by atoms with E-state index in [-0.39, 0.29) is 5.69 Å². The number of primary amides is 1. The first kappa shape index (κ1) is 26.2. The van der Waals surface area contributed by atoms with Crippen LogP contribution < -0.4 is 5.73 Å². The van der Waals surface area contributed by atoms with Crippen LogP contribution in [0.25, 0.3) is 0 Å². The average molecular weight is 531 g/mol. The van der Waals surface area contributed by atoms with Gasteiger partial charge >= 0.3 is 0 Å². The Morgan fingerprint density at radius 1 is 0.789 bits per heavy atom. The molecule has 4 aromatic rings. The number of thiazole rings is 1. The maximum atomic E-state index is 11.7. The molecule has 1 aliphatic rings. The third-order valence-electron chi connectivity index (χ3n) is 6.29. The predicted molar refractivity (Wildman–Crippen MR) is 144 cm³/mol. The molecule has 8 heteroatoms. The van der Waals surface area contributed by atoms with Crippen molar-refractivity contribution < 1.29 is 23.7 Å². The molecule has 2 N–H and O–H groups in total. The van der Waals surface area contributed by atoms with E-state index in [4.69, 9.17) is 24.7 Å². The number of carbonyl (C=O) groups is 1. The van der Waals surface area contributed by atoms with Gasteiger partial charge in [-0.2, -0.15) is 0 Å². The summed E-state index contributed by atoms with van der Waals surface area (Å²) >= 11 is 1.33. The van der Waals surface area contributed by atoms with Crippen LogP contribution in [0.15, 0.2) is 96.4 Å². The molecule has 0 bridgehead atoms. The monoisotopic (exact) mass is 530 g/mol.